The second-order valence-electron chi connectivity index (χ2n) is 3.15. The van der Waals surface area contributed by atoms with Gasteiger partial charge in [0.05, 0.1) is 6.61 Å². The van der Waals surface area contributed by atoms with Gasteiger partial charge in [0.2, 0.25) is 0 Å². The van der Waals surface area contributed by atoms with Crippen LogP contribution in [0.5, 0.6) is 0 Å². The van der Waals surface area contributed by atoms with Crippen LogP contribution in [-0.2, 0) is 0 Å². The van der Waals surface area contributed by atoms with Crippen LogP contribution < -0.4 is 0 Å². The molecule has 14 heavy (non-hydrogen) atoms. The Morgan fingerprint density at radius 2 is 2.00 bits per heavy atom. The van der Waals surface area contributed by atoms with Gasteiger partial charge in [0.1, 0.15) is 0 Å². The molecule has 0 atom stereocenters. The van der Waals surface area contributed by atoms with E-state index in [9.17, 15) is 0 Å². The van der Waals surface area contributed by atoms with Gasteiger partial charge in [-0.2, -0.15) is 0 Å². The lowest BCUT2D eigenvalue weighted by Crippen LogP contribution is -1.85. The molecule has 0 saturated carbocycles. The summed E-state index contributed by atoms with van der Waals surface area (Å²) in [6.07, 6.45) is 1.86. The molecule has 1 aromatic carbocycles. The quantitative estimate of drug-likeness (QED) is 0.756. The molecule has 0 aromatic heterocycles. The van der Waals surface area contributed by atoms with Gasteiger partial charge in [-0.1, -0.05) is 36.4 Å². The molecule has 74 valence electrons. The predicted octanol–water partition coefficient (Wildman–Crippen LogP) is 3.29. The summed E-state index contributed by atoms with van der Waals surface area (Å²) in [4.78, 5) is 0. The number of rotatable bonds is 3. The minimum atomic E-state index is -0.00900. The second-order valence-corrected chi connectivity index (χ2v) is 3.59. The van der Waals surface area contributed by atoms with Crippen molar-refractivity contribution in [2.45, 2.75) is 6.92 Å². The summed E-state index contributed by atoms with van der Waals surface area (Å²) in [5.74, 6) is 0. The van der Waals surface area contributed by atoms with Gasteiger partial charge in [0.15, 0.2) is 0 Å². The van der Waals surface area contributed by atoms with Gasteiger partial charge in [-0.15, -0.1) is 0 Å². The van der Waals surface area contributed by atoms with E-state index >= 15 is 0 Å². The van der Waals surface area contributed by atoms with Crippen LogP contribution in [0.25, 0.3) is 5.57 Å². The number of benzene rings is 1. The van der Waals surface area contributed by atoms with Gasteiger partial charge in [-0.05, 0) is 35.8 Å². The molecule has 0 radical (unpaired) electrons. The van der Waals surface area contributed by atoms with Crippen LogP contribution in [0.15, 0.2) is 42.5 Å². The monoisotopic (exact) mass is 208 g/mol. The molecule has 1 aromatic rings. The highest BCUT2D eigenvalue weighted by Gasteiger charge is 1.96. The Balaban J connectivity index is 2.89. The molecule has 0 saturated heterocycles. The Hall–Kier alpha value is -1.05. The van der Waals surface area contributed by atoms with E-state index in [2.05, 4.69) is 6.58 Å². The zero-order chi connectivity index (χ0) is 10.6. The molecular formula is C12H13ClO. The Labute approximate surface area is 89.3 Å². The van der Waals surface area contributed by atoms with Crippen LogP contribution >= 0.6 is 11.6 Å². The molecule has 0 spiro atoms. The van der Waals surface area contributed by atoms with Gasteiger partial charge in [0, 0.05) is 5.02 Å². The van der Waals surface area contributed by atoms with Crippen molar-refractivity contribution >= 4 is 17.2 Å². The molecule has 0 aliphatic heterocycles. The van der Waals surface area contributed by atoms with Crippen molar-refractivity contribution in [3.05, 3.63) is 53.1 Å². The van der Waals surface area contributed by atoms with Crippen LogP contribution in [0.1, 0.15) is 12.5 Å². The number of allylic oxidation sites excluding steroid dienone is 1. The first-order valence-electron chi connectivity index (χ1n) is 4.36. The maximum Gasteiger partial charge on any atom is 0.0676 e. The Morgan fingerprint density at radius 3 is 2.50 bits per heavy atom. The molecular weight excluding hydrogens is 196 g/mol. The summed E-state index contributed by atoms with van der Waals surface area (Å²) >= 11 is 5.77. The summed E-state index contributed by atoms with van der Waals surface area (Å²) < 4.78 is 0. The smallest absolute Gasteiger partial charge is 0.0676 e. The van der Waals surface area contributed by atoms with Crippen molar-refractivity contribution in [2.75, 3.05) is 6.61 Å². The van der Waals surface area contributed by atoms with Crippen molar-refractivity contribution in [1.29, 1.82) is 0 Å². The fraction of sp³-hybridized carbons (Fsp3) is 0.167. The van der Waals surface area contributed by atoms with Gasteiger partial charge < -0.3 is 5.11 Å². The van der Waals surface area contributed by atoms with E-state index in [-0.39, 0.29) is 6.61 Å². The largest absolute Gasteiger partial charge is 0.392 e. The van der Waals surface area contributed by atoms with Crippen LogP contribution in [0.2, 0.25) is 5.02 Å². The SMILES string of the molecule is C=C(/C=C(\C)c1ccc(Cl)cc1)CO. The zero-order valence-electron chi connectivity index (χ0n) is 8.13. The first kappa shape index (κ1) is 11.0. The molecule has 1 rings (SSSR count). The summed E-state index contributed by atoms with van der Waals surface area (Å²) in [7, 11) is 0. The average molecular weight is 209 g/mol. The fourth-order valence-electron chi connectivity index (χ4n) is 1.15. The number of hydrogen-bond donors (Lipinski definition) is 1. The number of aliphatic hydroxyl groups is 1. The zero-order valence-corrected chi connectivity index (χ0v) is 8.88. The van der Waals surface area contributed by atoms with Gasteiger partial charge in [0.25, 0.3) is 0 Å². The van der Waals surface area contributed by atoms with Crippen molar-refractivity contribution in [3.8, 4) is 0 Å². The average Bonchev–Trinajstić information content (AvgIpc) is 2.18. The summed E-state index contributed by atoms with van der Waals surface area (Å²) in [5.41, 5.74) is 2.86. The van der Waals surface area contributed by atoms with Crippen molar-refractivity contribution < 1.29 is 5.11 Å². The van der Waals surface area contributed by atoms with Gasteiger partial charge >= 0.3 is 0 Å². The highest BCUT2D eigenvalue weighted by Crippen LogP contribution is 2.18. The van der Waals surface area contributed by atoms with Gasteiger partial charge in [-0.3, -0.25) is 0 Å². The number of halogens is 1. The molecule has 0 bridgehead atoms. The first-order chi connectivity index (χ1) is 6.63. The Bertz CT molecular complexity index is 349. The Morgan fingerprint density at radius 1 is 1.43 bits per heavy atom. The van der Waals surface area contributed by atoms with Crippen molar-refractivity contribution in [1.82, 2.24) is 0 Å². The predicted molar refractivity (Wildman–Crippen MR) is 61.3 cm³/mol. The molecule has 0 aliphatic rings. The third-order valence-electron chi connectivity index (χ3n) is 1.92. The lowest BCUT2D eigenvalue weighted by molar-refractivity contribution is 0.335. The van der Waals surface area contributed by atoms with E-state index in [4.69, 9.17) is 16.7 Å². The van der Waals surface area contributed by atoms with Crippen LogP contribution in [-0.4, -0.2) is 11.7 Å². The molecule has 0 amide bonds. The molecule has 0 unspecified atom stereocenters. The van der Waals surface area contributed by atoms with Crippen LogP contribution in [0.4, 0.5) is 0 Å². The standard InChI is InChI=1S/C12H13ClO/c1-9(8-14)7-10(2)11-3-5-12(13)6-4-11/h3-7,14H,1,8H2,2H3/b10-7+. The highest BCUT2D eigenvalue weighted by atomic mass is 35.5. The van der Waals surface area contributed by atoms with E-state index in [1.54, 1.807) is 0 Å². The molecule has 0 fully saturated rings. The molecule has 1 N–H and O–H groups in total. The number of hydrogen-bond acceptors (Lipinski definition) is 1. The maximum atomic E-state index is 8.81. The van der Waals surface area contributed by atoms with E-state index in [1.165, 1.54) is 0 Å². The normalized spacial score (nSPS) is 11.5. The summed E-state index contributed by atoms with van der Waals surface area (Å²) in [5, 5.41) is 9.53. The molecule has 0 heterocycles. The fourth-order valence-corrected chi connectivity index (χ4v) is 1.27. The van der Waals surface area contributed by atoms with Crippen molar-refractivity contribution in [3.63, 3.8) is 0 Å². The molecule has 2 heteroatoms. The highest BCUT2D eigenvalue weighted by molar-refractivity contribution is 6.30. The van der Waals surface area contributed by atoms with Gasteiger partial charge in [-0.25, -0.2) is 0 Å². The third kappa shape index (κ3) is 3.02. The van der Waals surface area contributed by atoms with Crippen LogP contribution in [0, 0.1) is 0 Å². The summed E-state index contributed by atoms with van der Waals surface area (Å²) in [6.45, 7) is 5.67. The second kappa shape index (κ2) is 4.99. The lowest BCUT2D eigenvalue weighted by atomic mass is 10.1. The van der Waals surface area contributed by atoms with E-state index in [0.29, 0.717) is 5.57 Å². The maximum absolute atomic E-state index is 8.81. The minimum Gasteiger partial charge on any atom is -0.392 e. The molecule has 1 nitrogen and oxygen atoms in total. The van der Waals surface area contributed by atoms with Crippen LogP contribution in [0.3, 0.4) is 0 Å². The number of aliphatic hydroxyl groups excluding tert-OH is 1. The first-order valence-corrected chi connectivity index (χ1v) is 4.74. The molecule has 0 aliphatic carbocycles. The van der Waals surface area contributed by atoms with E-state index in [0.717, 1.165) is 16.2 Å². The van der Waals surface area contributed by atoms with E-state index < -0.39 is 0 Å². The van der Waals surface area contributed by atoms with Crippen molar-refractivity contribution in [2.24, 2.45) is 0 Å². The minimum absolute atomic E-state index is 0.00900. The van der Waals surface area contributed by atoms with E-state index in [1.807, 2.05) is 37.3 Å². The lowest BCUT2D eigenvalue weighted by Gasteiger charge is -2.02. The Kier molecular flexibility index (Phi) is 3.93. The topological polar surface area (TPSA) is 20.2 Å². The summed E-state index contributed by atoms with van der Waals surface area (Å²) in [6, 6.07) is 7.57. The third-order valence-corrected chi connectivity index (χ3v) is 2.18.